The van der Waals surface area contributed by atoms with Crippen LogP contribution >= 0.6 is 0 Å². The summed E-state index contributed by atoms with van der Waals surface area (Å²) in [5, 5.41) is 0. The van der Waals surface area contributed by atoms with Crippen LogP contribution < -0.4 is 0 Å². The van der Waals surface area contributed by atoms with Gasteiger partial charge in [-0.05, 0) is 37.3 Å². The third-order valence-corrected chi connectivity index (χ3v) is 4.70. The number of aliphatic imine (C=N–C) groups is 1. The van der Waals surface area contributed by atoms with Gasteiger partial charge in [0, 0.05) is 25.9 Å². The lowest BCUT2D eigenvalue weighted by Crippen LogP contribution is -2.16. The maximum Gasteiger partial charge on any atom is 0.366 e. The van der Waals surface area contributed by atoms with Crippen LogP contribution in [0.25, 0.3) is 11.2 Å². The van der Waals surface area contributed by atoms with Crippen LogP contribution in [0.5, 0.6) is 0 Å². The number of rotatable bonds is 5. The number of ether oxygens (including phenoxy) is 2. The maximum atomic E-state index is 12.7. The molecule has 0 radical (unpaired) electrons. The van der Waals surface area contributed by atoms with E-state index in [2.05, 4.69) is 4.99 Å². The Morgan fingerprint density at radius 1 is 1.13 bits per heavy atom. The fourth-order valence-electron chi connectivity index (χ4n) is 3.43. The molecule has 1 aromatic carbocycles. The van der Waals surface area contributed by atoms with E-state index in [1.54, 1.807) is 17.9 Å². The van der Waals surface area contributed by atoms with Crippen LogP contribution in [0.4, 0.5) is 0 Å². The fraction of sp³-hybridized carbons (Fsp3) is 0.174. The Hall–Kier alpha value is -3.87. The van der Waals surface area contributed by atoms with Gasteiger partial charge in [0.15, 0.2) is 5.70 Å². The largest absolute Gasteiger partial charge is 0.462 e. The molecule has 0 bridgehead atoms. The molecule has 0 saturated heterocycles. The second-order valence-electron chi connectivity index (χ2n) is 6.88. The zero-order chi connectivity index (χ0) is 21.3. The first-order chi connectivity index (χ1) is 14.5. The van der Waals surface area contributed by atoms with Crippen molar-refractivity contribution in [3.05, 3.63) is 83.3 Å². The molecule has 1 aliphatic heterocycles. The minimum atomic E-state index is -0.541. The SMILES string of the molecule is CCOC(=O)c1cc(/C(=C2/N=C(c3ccccc3)OC2=O)N(C)C)n2ccccc12. The standard InChI is InChI=1S/C23H21N3O4/c1-4-29-22(27)16-14-18(26-13-9-8-12-17(16)26)20(25(2)3)19-23(28)30-21(24-19)15-10-6-5-7-11-15/h5-14H,4H2,1-3H3/b20-19-. The molecule has 7 nitrogen and oxygen atoms in total. The molecular weight excluding hydrogens is 382 g/mol. The van der Waals surface area contributed by atoms with Crippen LogP contribution in [0.3, 0.4) is 0 Å². The molecule has 0 fully saturated rings. The molecule has 7 heteroatoms. The number of esters is 2. The average molecular weight is 403 g/mol. The molecular formula is C23H21N3O4. The Balaban J connectivity index is 1.93. The van der Waals surface area contributed by atoms with E-state index < -0.39 is 11.9 Å². The topological polar surface area (TPSA) is 72.6 Å². The summed E-state index contributed by atoms with van der Waals surface area (Å²) in [4.78, 5) is 31.5. The highest BCUT2D eigenvalue weighted by Gasteiger charge is 2.31. The number of fused-ring (bicyclic) bond motifs is 1. The first kappa shape index (κ1) is 19.4. The monoisotopic (exact) mass is 403 g/mol. The van der Waals surface area contributed by atoms with Crippen molar-refractivity contribution in [3.63, 3.8) is 0 Å². The van der Waals surface area contributed by atoms with E-state index in [0.29, 0.717) is 28.0 Å². The number of carbonyl (C=O) groups is 2. The third-order valence-electron chi connectivity index (χ3n) is 4.70. The Bertz CT molecular complexity index is 1190. The van der Waals surface area contributed by atoms with E-state index in [-0.39, 0.29) is 18.2 Å². The highest BCUT2D eigenvalue weighted by atomic mass is 16.6. The zero-order valence-corrected chi connectivity index (χ0v) is 17.0. The molecule has 4 rings (SSSR count). The molecule has 0 spiro atoms. The van der Waals surface area contributed by atoms with E-state index in [1.165, 1.54) is 0 Å². The van der Waals surface area contributed by atoms with Gasteiger partial charge in [-0.1, -0.05) is 24.3 Å². The number of benzene rings is 1. The predicted molar refractivity (Wildman–Crippen MR) is 113 cm³/mol. The highest BCUT2D eigenvalue weighted by Crippen LogP contribution is 2.30. The second kappa shape index (κ2) is 7.87. The van der Waals surface area contributed by atoms with Crippen molar-refractivity contribution in [3.8, 4) is 0 Å². The number of hydrogen-bond acceptors (Lipinski definition) is 6. The fourth-order valence-corrected chi connectivity index (χ4v) is 3.43. The Labute approximate surface area is 173 Å². The number of hydrogen-bond donors (Lipinski definition) is 0. The molecule has 0 amide bonds. The minimum absolute atomic E-state index is 0.178. The van der Waals surface area contributed by atoms with Gasteiger partial charge in [-0.15, -0.1) is 0 Å². The Morgan fingerprint density at radius 2 is 1.87 bits per heavy atom. The van der Waals surface area contributed by atoms with Crippen LogP contribution in [-0.4, -0.2) is 47.8 Å². The Morgan fingerprint density at radius 3 is 2.57 bits per heavy atom. The Kier molecular flexibility index (Phi) is 5.10. The van der Waals surface area contributed by atoms with Crippen LogP contribution in [0.15, 0.2) is 71.5 Å². The minimum Gasteiger partial charge on any atom is -0.462 e. The van der Waals surface area contributed by atoms with Crippen molar-refractivity contribution < 1.29 is 19.1 Å². The lowest BCUT2D eigenvalue weighted by Gasteiger charge is -2.18. The van der Waals surface area contributed by atoms with Crippen molar-refractivity contribution in [1.29, 1.82) is 0 Å². The summed E-state index contributed by atoms with van der Waals surface area (Å²) in [7, 11) is 3.63. The molecule has 0 N–H and O–H groups in total. The van der Waals surface area contributed by atoms with Gasteiger partial charge in [0.1, 0.15) is 0 Å². The number of pyridine rings is 1. The van der Waals surface area contributed by atoms with Gasteiger partial charge in [0.25, 0.3) is 0 Å². The van der Waals surface area contributed by atoms with Crippen LogP contribution in [-0.2, 0) is 14.3 Å². The molecule has 0 unspecified atom stereocenters. The lowest BCUT2D eigenvalue weighted by molar-refractivity contribution is -0.130. The predicted octanol–water partition coefficient (Wildman–Crippen LogP) is 3.35. The first-order valence-corrected chi connectivity index (χ1v) is 9.56. The molecule has 1 aliphatic rings. The van der Waals surface area contributed by atoms with Crippen molar-refractivity contribution in [2.24, 2.45) is 4.99 Å². The van der Waals surface area contributed by atoms with Crippen LogP contribution in [0.2, 0.25) is 0 Å². The van der Waals surface area contributed by atoms with Gasteiger partial charge in [-0.2, -0.15) is 0 Å². The van der Waals surface area contributed by atoms with Gasteiger partial charge in [-0.25, -0.2) is 14.6 Å². The summed E-state index contributed by atoms with van der Waals surface area (Å²) in [6, 6.07) is 16.5. The van der Waals surface area contributed by atoms with Crippen LogP contribution in [0, 0.1) is 0 Å². The van der Waals surface area contributed by atoms with E-state index in [1.807, 2.05) is 73.2 Å². The normalized spacial score (nSPS) is 15.0. The van der Waals surface area contributed by atoms with E-state index >= 15 is 0 Å². The molecule has 0 saturated carbocycles. The van der Waals surface area contributed by atoms with E-state index in [4.69, 9.17) is 9.47 Å². The maximum absolute atomic E-state index is 12.7. The quantitative estimate of drug-likeness (QED) is 0.483. The molecule has 0 aliphatic carbocycles. The number of cyclic esters (lactones) is 1. The second-order valence-corrected chi connectivity index (χ2v) is 6.88. The molecule has 0 atom stereocenters. The first-order valence-electron chi connectivity index (χ1n) is 9.56. The number of aromatic nitrogens is 1. The number of nitrogens with zero attached hydrogens (tertiary/aromatic N) is 3. The summed E-state index contributed by atoms with van der Waals surface area (Å²) in [5.74, 6) is -0.708. The summed E-state index contributed by atoms with van der Waals surface area (Å²) in [6.45, 7) is 2.04. The summed E-state index contributed by atoms with van der Waals surface area (Å²) in [5.41, 5.74) is 3.19. The third kappa shape index (κ3) is 3.34. The summed E-state index contributed by atoms with van der Waals surface area (Å²) in [6.07, 6.45) is 1.83. The van der Waals surface area contributed by atoms with Gasteiger partial charge in [-0.3, -0.25) is 0 Å². The van der Waals surface area contributed by atoms with Gasteiger partial charge in [0.05, 0.1) is 29.1 Å². The molecule has 3 heterocycles. The van der Waals surface area contributed by atoms with Crippen molar-refractivity contribution in [1.82, 2.24) is 9.30 Å². The number of carbonyl (C=O) groups excluding carboxylic acids is 2. The highest BCUT2D eigenvalue weighted by molar-refractivity contribution is 6.14. The van der Waals surface area contributed by atoms with E-state index in [9.17, 15) is 9.59 Å². The summed E-state index contributed by atoms with van der Waals surface area (Å²) >= 11 is 0. The summed E-state index contributed by atoms with van der Waals surface area (Å²) < 4.78 is 12.5. The molecule has 3 aromatic rings. The van der Waals surface area contributed by atoms with Gasteiger partial charge < -0.3 is 18.8 Å². The van der Waals surface area contributed by atoms with Gasteiger partial charge in [0.2, 0.25) is 5.90 Å². The smallest absolute Gasteiger partial charge is 0.366 e. The van der Waals surface area contributed by atoms with Crippen molar-refractivity contribution >= 4 is 29.1 Å². The van der Waals surface area contributed by atoms with Crippen molar-refractivity contribution in [2.75, 3.05) is 20.7 Å². The molecule has 2 aromatic heterocycles. The molecule has 30 heavy (non-hydrogen) atoms. The lowest BCUT2D eigenvalue weighted by atomic mass is 10.2. The average Bonchev–Trinajstić information content (AvgIpc) is 3.31. The van der Waals surface area contributed by atoms with Gasteiger partial charge >= 0.3 is 11.9 Å². The van der Waals surface area contributed by atoms with E-state index in [0.717, 1.165) is 0 Å². The zero-order valence-electron chi connectivity index (χ0n) is 17.0. The van der Waals surface area contributed by atoms with Crippen LogP contribution in [0.1, 0.15) is 28.5 Å². The van der Waals surface area contributed by atoms with Crippen molar-refractivity contribution in [2.45, 2.75) is 6.92 Å². The molecule has 152 valence electrons.